The van der Waals surface area contributed by atoms with E-state index in [4.69, 9.17) is 0 Å². The Morgan fingerprint density at radius 2 is 1.74 bits per heavy atom. The number of rotatable bonds is 8. The molecule has 0 saturated heterocycles. The van der Waals surface area contributed by atoms with E-state index < -0.39 is 0 Å². The number of carbonyl (C=O) groups is 1. The predicted octanol–water partition coefficient (Wildman–Crippen LogP) is 3.23. The quantitative estimate of drug-likeness (QED) is 0.735. The molecule has 0 aliphatic rings. The van der Waals surface area contributed by atoms with E-state index >= 15 is 0 Å². The monoisotopic (exact) mass is 314 g/mol. The molecule has 1 unspecified atom stereocenters. The number of halogens is 1. The number of hydrogen-bond acceptors (Lipinski definition) is 2. The highest BCUT2D eigenvalue weighted by atomic mass is 19.1. The Morgan fingerprint density at radius 3 is 2.48 bits per heavy atom. The van der Waals surface area contributed by atoms with E-state index in [1.807, 2.05) is 43.3 Å². The van der Waals surface area contributed by atoms with E-state index in [1.165, 1.54) is 6.07 Å². The predicted molar refractivity (Wildman–Crippen MR) is 90.6 cm³/mol. The summed E-state index contributed by atoms with van der Waals surface area (Å²) in [6, 6.07) is 16.6. The van der Waals surface area contributed by atoms with Crippen LogP contribution < -0.4 is 10.6 Å². The third-order valence-electron chi connectivity index (χ3n) is 3.73. The van der Waals surface area contributed by atoms with Crippen molar-refractivity contribution in [3.63, 3.8) is 0 Å². The molecule has 4 heteroatoms. The Kier molecular flexibility index (Phi) is 6.76. The van der Waals surface area contributed by atoms with Gasteiger partial charge in [0.25, 0.3) is 0 Å². The van der Waals surface area contributed by atoms with E-state index in [0.717, 1.165) is 5.56 Å². The lowest BCUT2D eigenvalue weighted by Gasteiger charge is -2.14. The van der Waals surface area contributed by atoms with Crippen molar-refractivity contribution in [2.75, 3.05) is 13.1 Å². The van der Waals surface area contributed by atoms with Gasteiger partial charge in [-0.3, -0.25) is 4.79 Å². The van der Waals surface area contributed by atoms with Gasteiger partial charge in [0.1, 0.15) is 5.82 Å². The lowest BCUT2D eigenvalue weighted by Crippen LogP contribution is -2.30. The van der Waals surface area contributed by atoms with Gasteiger partial charge >= 0.3 is 0 Å². The minimum absolute atomic E-state index is 0.00196. The molecule has 1 atom stereocenters. The molecule has 122 valence electrons. The Balaban J connectivity index is 1.63. The number of hydrogen-bond donors (Lipinski definition) is 2. The van der Waals surface area contributed by atoms with E-state index in [1.54, 1.807) is 12.1 Å². The molecule has 0 fully saturated rings. The molecule has 2 N–H and O–H groups in total. The van der Waals surface area contributed by atoms with E-state index in [-0.39, 0.29) is 17.8 Å². The fourth-order valence-electron chi connectivity index (χ4n) is 2.39. The van der Waals surface area contributed by atoms with Crippen molar-refractivity contribution < 1.29 is 9.18 Å². The molecular formula is C19H23FN2O. The summed E-state index contributed by atoms with van der Waals surface area (Å²) in [5, 5.41) is 6.15. The Hall–Kier alpha value is -2.20. The van der Waals surface area contributed by atoms with Crippen LogP contribution in [0.1, 0.15) is 30.5 Å². The zero-order chi connectivity index (χ0) is 16.5. The normalized spacial score (nSPS) is 11.9. The molecule has 0 aliphatic heterocycles. The number of carbonyl (C=O) groups excluding carboxylic acids is 1. The van der Waals surface area contributed by atoms with Crippen molar-refractivity contribution in [3.8, 4) is 0 Å². The van der Waals surface area contributed by atoms with Crippen molar-refractivity contribution in [3.05, 3.63) is 71.5 Å². The molecule has 2 rings (SSSR count). The van der Waals surface area contributed by atoms with Crippen LogP contribution >= 0.6 is 0 Å². The van der Waals surface area contributed by atoms with Gasteiger partial charge in [-0.15, -0.1) is 0 Å². The molecule has 0 saturated carbocycles. The van der Waals surface area contributed by atoms with Crippen molar-refractivity contribution >= 4 is 5.91 Å². The third-order valence-corrected chi connectivity index (χ3v) is 3.73. The first kappa shape index (κ1) is 17.2. The Labute approximate surface area is 136 Å². The van der Waals surface area contributed by atoms with Crippen LogP contribution in [0.3, 0.4) is 0 Å². The highest BCUT2D eigenvalue weighted by Crippen LogP contribution is 2.11. The molecule has 0 aromatic heterocycles. The average molecular weight is 314 g/mol. The molecule has 0 heterocycles. The number of nitrogens with one attached hydrogen (secondary N) is 2. The standard InChI is InChI=1S/C19H23FN2O/c1-15(16-7-3-2-4-8-16)22-19(23)12-14-21-13-11-17-9-5-6-10-18(17)20/h2-10,15,21H,11-14H2,1H3,(H,22,23). The van der Waals surface area contributed by atoms with Gasteiger partial charge in [0.15, 0.2) is 0 Å². The number of amides is 1. The molecule has 0 spiro atoms. The van der Waals surface area contributed by atoms with Crippen LogP contribution in [0.15, 0.2) is 54.6 Å². The van der Waals surface area contributed by atoms with Crippen LogP contribution in [-0.2, 0) is 11.2 Å². The zero-order valence-electron chi connectivity index (χ0n) is 13.4. The second kappa shape index (κ2) is 9.06. The van der Waals surface area contributed by atoms with Crippen molar-refractivity contribution in [2.24, 2.45) is 0 Å². The van der Waals surface area contributed by atoms with E-state index in [0.29, 0.717) is 31.5 Å². The lowest BCUT2D eigenvalue weighted by molar-refractivity contribution is -0.121. The molecule has 0 bridgehead atoms. The summed E-state index contributed by atoms with van der Waals surface area (Å²) in [6.07, 6.45) is 1.03. The zero-order valence-corrected chi connectivity index (χ0v) is 13.4. The van der Waals surface area contributed by atoms with Crippen LogP contribution in [-0.4, -0.2) is 19.0 Å². The summed E-state index contributed by atoms with van der Waals surface area (Å²) in [5.74, 6) is -0.163. The summed E-state index contributed by atoms with van der Waals surface area (Å²) < 4.78 is 13.4. The van der Waals surface area contributed by atoms with E-state index in [2.05, 4.69) is 10.6 Å². The largest absolute Gasteiger partial charge is 0.350 e. The summed E-state index contributed by atoms with van der Waals surface area (Å²) in [6.45, 7) is 3.21. The molecule has 23 heavy (non-hydrogen) atoms. The first-order valence-electron chi connectivity index (χ1n) is 7.95. The van der Waals surface area contributed by atoms with Gasteiger partial charge in [0, 0.05) is 13.0 Å². The Bertz CT molecular complexity index is 616. The van der Waals surface area contributed by atoms with Crippen molar-refractivity contribution in [2.45, 2.75) is 25.8 Å². The van der Waals surface area contributed by atoms with Crippen LogP contribution in [0.2, 0.25) is 0 Å². The fourth-order valence-corrected chi connectivity index (χ4v) is 2.39. The maximum Gasteiger partial charge on any atom is 0.221 e. The summed E-state index contributed by atoms with van der Waals surface area (Å²) in [4.78, 5) is 11.9. The number of benzene rings is 2. The first-order chi connectivity index (χ1) is 11.2. The SMILES string of the molecule is CC(NC(=O)CCNCCc1ccccc1F)c1ccccc1. The average Bonchev–Trinajstić information content (AvgIpc) is 2.57. The van der Waals surface area contributed by atoms with Crippen molar-refractivity contribution in [1.82, 2.24) is 10.6 Å². The van der Waals surface area contributed by atoms with Gasteiger partial charge in [0.2, 0.25) is 5.91 Å². The molecule has 1 amide bonds. The lowest BCUT2D eigenvalue weighted by atomic mass is 10.1. The Morgan fingerprint density at radius 1 is 1.04 bits per heavy atom. The summed E-state index contributed by atoms with van der Waals surface area (Å²) in [5.41, 5.74) is 1.79. The van der Waals surface area contributed by atoms with E-state index in [9.17, 15) is 9.18 Å². The van der Waals surface area contributed by atoms with Crippen molar-refractivity contribution in [1.29, 1.82) is 0 Å². The topological polar surface area (TPSA) is 41.1 Å². The smallest absolute Gasteiger partial charge is 0.221 e. The molecule has 0 radical (unpaired) electrons. The van der Waals surface area contributed by atoms with Crippen LogP contribution in [0, 0.1) is 5.82 Å². The van der Waals surface area contributed by atoms with Gasteiger partial charge in [-0.25, -0.2) is 4.39 Å². The molecule has 2 aromatic carbocycles. The second-order valence-electron chi connectivity index (χ2n) is 5.54. The summed E-state index contributed by atoms with van der Waals surface area (Å²) in [7, 11) is 0. The van der Waals surface area contributed by atoms with Gasteiger partial charge in [-0.05, 0) is 37.1 Å². The minimum Gasteiger partial charge on any atom is -0.350 e. The fraction of sp³-hybridized carbons (Fsp3) is 0.316. The van der Waals surface area contributed by atoms with Crippen LogP contribution in [0.4, 0.5) is 4.39 Å². The van der Waals surface area contributed by atoms with Gasteiger partial charge < -0.3 is 10.6 Å². The summed E-state index contributed by atoms with van der Waals surface area (Å²) >= 11 is 0. The van der Waals surface area contributed by atoms with Crippen LogP contribution in [0.5, 0.6) is 0 Å². The highest BCUT2D eigenvalue weighted by molar-refractivity contribution is 5.76. The van der Waals surface area contributed by atoms with Crippen LogP contribution in [0.25, 0.3) is 0 Å². The van der Waals surface area contributed by atoms with Gasteiger partial charge in [-0.2, -0.15) is 0 Å². The third kappa shape index (κ3) is 5.83. The van der Waals surface area contributed by atoms with Gasteiger partial charge in [0.05, 0.1) is 6.04 Å². The second-order valence-corrected chi connectivity index (χ2v) is 5.54. The maximum absolute atomic E-state index is 13.4. The van der Waals surface area contributed by atoms with Gasteiger partial charge in [-0.1, -0.05) is 48.5 Å². The first-order valence-corrected chi connectivity index (χ1v) is 7.95. The highest BCUT2D eigenvalue weighted by Gasteiger charge is 2.08. The molecule has 0 aliphatic carbocycles. The molecular weight excluding hydrogens is 291 g/mol. The minimum atomic E-state index is -0.177. The maximum atomic E-state index is 13.4. The molecule has 3 nitrogen and oxygen atoms in total. The molecule has 2 aromatic rings.